The van der Waals surface area contributed by atoms with Gasteiger partial charge in [0.2, 0.25) is 5.91 Å². The molecule has 0 fully saturated rings. The Bertz CT molecular complexity index is 481. The van der Waals surface area contributed by atoms with Crippen LogP contribution in [-0.4, -0.2) is 25.2 Å². The van der Waals surface area contributed by atoms with Crippen molar-refractivity contribution in [2.75, 3.05) is 18.5 Å². The number of hydrogen-bond donors (Lipinski definition) is 2. The van der Waals surface area contributed by atoms with E-state index >= 15 is 0 Å². The first kappa shape index (κ1) is 17.3. The Balaban J connectivity index is 2.98. The zero-order chi connectivity index (χ0) is 16.0. The van der Waals surface area contributed by atoms with E-state index < -0.39 is 6.04 Å². The lowest BCUT2D eigenvalue weighted by molar-refractivity contribution is -0.119. The third-order valence-electron chi connectivity index (χ3n) is 3.04. The van der Waals surface area contributed by atoms with Gasteiger partial charge in [0, 0.05) is 6.07 Å². The summed E-state index contributed by atoms with van der Waals surface area (Å²) in [6.45, 7) is 10.7. The molecule has 0 saturated heterocycles. The summed E-state index contributed by atoms with van der Waals surface area (Å²) in [5.74, 6) is 1.05. The van der Waals surface area contributed by atoms with Gasteiger partial charge in [-0.15, -0.1) is 0 Å². The van der Waals surface area contributed by atoms with E-state index in [0.717, 1.165) is 0 Å². The van der Waals surface area contributed by atoms with Crippen molar-refractivity contribution < 1.29 is 14.3 Å². The fraction of sp³-hybridized carbons (Fsp3) is 0.562. The number of nitrogens with two attached hydrogens (primary N) is 1. The Morgan fingerprint density at radius 3 is 2.38 bits per heavy atom. The summed E-state index contributed by atoms with van der Waals surface area (Å²) < 4.78 is 11.0. The van der Waals surface area contributed by atoms with E-state index in [1.165, 1.54) is 0 Å². The number of carbonyl (C=O) groups excluding carboxylic acids is 1. The van der Waals surface area contributed by atoms with Crippen LogP contribution < -0.4 is 20.5 Å². The first-order valence-corrected chi connectivity index (χ1v) is 7.25. The van der Waals surface area contributed by atoms with Crippen molar-refractivity contribution >= 4 is 11.6 Å². The Labute approximate surface area is 126 Å². The van der Waals surface area contributed by atoms with Crippen LogP contribution in [-0.2, 0) is 4.79 Å². The standard InChI is InChI=1S/C16H26N2O3/c1-6-20-11-8-9-13(21-7-2)12(10-11)18-15(19)14(17)16(3,4)5/h8-10,14H,6-7,17H2,1-5H3,(H,18,19)/t14-/m0/s1. The van der Waals surface area contributed by atoms with Crippen molar-refractivity contribution in [3.05, 3.63) is 18.2 Å². The van der Waals surface area contributed by atoms with Crippen LogP contribution in [0, 0.1) is 5.41 Å². The van der Waals surface area contributed by atoms with Crippen molar-refractivity contribution in [2.24, 2.45) is 11.1 Å². The van der Waals surface area contributed by atoms with E-state index in [0.29, 0.717) is 30.4 Å². The molecule has 0 aliphatic carbocycles. The minimum Gasteiger partial charge on any atom is -0.494 e. The molecule has 1 rings (SSSR count). The minimum absolute atomic E-state index is 0.239. The zero-order valence-electron chi connectivity index (χ0n) is 13.5. The summed E-state index contributed by atoms with van der Waals surface area (Å²) in [5, 5.41) is 2.83. The molecule has 0 heterocycles. The third-order valence-corrected chi connectivity index (χ3v) is 3.04. The van der Waals surface area contributed by atoms with Gasteiger partial charge in [-0.3, -0.25) is 4.79 Å². The SMILES string of the molecule is CCOc1ccc(OCC)c(NC(=O)[C@H](N)C(C)(C)C)c1. The second-order valence-corrected chi connectivity index (χ2v) is 5.86. The molecule has 1 atom stereocenters. The second kappa shape index (κ2) is 7.31. The Morgan fingerprint density at radius 2 is 1.86 bits per heavy atom. The van der Waals surface area contributed by atoms with Gasteiger partial charge in [-0.2, -0.15) is 0 Å². The zero-order valence-corrected chi connectivity index (χ0v) is 13.5. The van der Waals surface area contributed by atoms with E-state index in [1.807, 2.05) is 40.7 Å². The predicted octanol–water partition coefficient (Wildman–Crippen LogP) is 2.80. The van der Waals surface area contributed by atoms with Gasteiger partial charge >= 0.3 is 0 Å². The largest absolute Gasteiger partial charge is 0.494 e. The fourth-order valence-corrected chi connectivity index (χ4v) is 1.75. The molecule has 5 heteroatoms. The topological polar surface area (TPSA) is 73.6 Å². The van der Waals surface area contributed by atoms with Crippen LogP contribution in [0.5, 0.6) is 11.5 Å². The molecule has 0 aliphatic heterocycles. The van der Waals surface area contributed by atoms with Crippen molar-refractivity contribution in [3.8, 4) is 11.5 Å². The number of amides is 1. The number of nitrogens with one attached hydrogen (secondary N) is 1. The molecular weight excluding hydrogens is 268 g/mol. The van der Waals surface area contributed by atoms with E-state index in [2.05, 4.69) is 5.32 Å². The van der Waals surface area contributed by atoms with Gasteiger partial charge in [-0.1, -0.05) is 20.8 Å². The molecule has 0 radical (unpaired) electrons. The van der Waals surface area contributed by atoms with Crippen molar-refractivity contribution in [1.29, 1.82) is 0 Å². The molecule has 1 aromatic carbocycles. The molecule has 0 spiro atoms. The Kier molecular flexibility index (Phi) is 6.03. The maximum absolute atomic E-state index is 12.3. The quantitative estimate of drug-likeness (QED) is 0.846. The van der Waals surface area contributed by atoms with Crippen molar-refractivity contribution in [3.63, 3.8) is 0 Å². The summed E-state index contributed by atoms with van der Waals surface area (Å²) in [6.07, 6.45) is 0. The molecule has 5 nitrogen and oxygen atoms in total. The highest BCUT2D eigenvalue weighted by Gasteiger charge is 2.28. The molecule has 1 aromatic rings. The summed E-state index contributed by atoms with van der Waals surface area (Å²) in [6, 6.07) is 4.74. The number of benzene rings is 1. The van der Waals surface area contributed by atoms with Crippen LogP contribution in [0.2, 0.25) is 0 Å². The number of ether oxygens (including phenoxy) is 2. The molecule has 118 valence electrons. The Hall–Kier alpha value is -1.75. The van der Waals surface area contributed by atoms with Gasteiger partial charge in [-0.05, 0) is 31.4 Å². The smallest absolute Gasteiger partial charge is 0.241 e. The normalized spacial score (nSPS) is 12.7. The van der Waals surface area contributed by atoms with E-state index in [4.69, 9.17) is 15.2 Å². The Morgan fingerprint density at radius 1 is 1.24 bits per heavy atom. The van der Waals surface area contributed by atoms with E-state index in [9.17, 15) is 4.79 Å². The van der Waals surface area contributed by atoms with Gasteiger partial charge in [0.15, 0.2) is 0 Å². The van der Waals surface area contributed by atoms with Gasteiger partial charge in [0.1, 0.15) is 11.5 Å². The van der Waals surface area contributed by atoms with Crippen LogP contribution >= 0.6 is 0 Å². The molecule has 0 unspecified atom stereocenters. The highest BCUT2D eigenvalue weighted by Crippen LogP contribution is 2.30. The first-order chi connectivity index (χ1) is 9.79. The van der Waals surface area contributed by atoms with Crippen LogP contribution in [0.3, 0.4) is 0 Å². The summed E-state index contributed by atoms with van der Waals surface area (Å²) >= 11 is 0. The average molecular weight is 294 g/mol. The number of carbonyl (C=O) groups is 1. The molecule has 3 N–H and O–H groups in total. The lowest BCUT2D eigenvalue weighted by Gasteiger charge is -2.26. The minimum atomic E-state index is -0.609. The molecule has 0 saturated carbocycles. The van der Waals surface area contributed by atoms with Crippen molar-refractivity contribution in [1.82, 2.24) is 0 Å². The maximum Gasteiger partial charge on any atom is 0.241 e. The number of anilines is 1. The molecule has 0 aromatic heterocycles. The van der Waals surface area contributed by atoms with Gasteiger partial charge < -0.3 is 20.5 Å². The number of hydrogen-bond acceptors (Lipinski definition) is 4. The summed E-state index contributed by atoms with van der Waals surface area (Å²) in [7, 11) is 0. The first-order valence-electron chi connectivity index (χ1n) is 7.25. The molecule has 21 heavy (non-hydrogen) atoms. The highest BCUT2D eigenvalue weighted by atomic mass is 16.5. The fourth-order valence-electron chi connectivity index (χ4n) is 1.75. The van der Waals surface area contributed by atoms with Crippen LogP contribution in [0.25, 0.3) is 0 Å². The van der Waals surface area contributed by atoms with Gasteiger partial charge in [0.05, 0.1) is 24.9 Å². The predicted molar refractivity (Wildman–Crippen MR) is 84.8 cm³/mol. The van der Waals surface area contributed by atoms with Crippen molar-refractivity contribution in [2.45, 2.75) is 40.7 Å². The molecule has 0 aliphatic rings. The van der Waals surface area contributed by atoms with E-state index in [-0.39, 0.29) is 11.3 Å². The average Bonchev–Trinajstić information content (AvgIpc) is 2.40. The molecular formula is C16H26N2O3. The molecule has 1 amide bonds. The highest BCUT2D eigenvalue weighted by molar-refractivity contribution is 5.96. The second-order valence-electron chi connectivity index (χ2n) is 5.86. The lowest BCUT2D eigenvalue weighted by atomic mass is 9.87. The van der Waals surface area contributed by atoms with Gasteiger partial charge in [0.25, 0.3) is 0 Å². The summed E-state index contributed by atoms with van der Waals surface area (Å²) in [4.78, 5) is 12.3. The lowest BCUT2D eigenvalue weighted by Crippen LogP contribution is -2.45. The molecule has 0 bridgehead atoms. The van der Waals surface area contributed by atoms with Crippen LogP contribution in [0.4, 0.5) is 5.69 Å². The van der Waals surface area contributed by atoms with Gasteiger partial charge in [-0.25, -0.2) is 0 Å². The maximum atomic E-state index is 12.3. The summed E-state index contributed by atoms with van der Waals surface area (Å²) in [5.41, 5.74) is 6.24. The monoisotopic (exact) mass is 294 g/mol. The third kappa shape index (κ3) is 4.93. The van der Waals surface area contributed by atoms with Crippen LogP contribution in [0.1, 0.15) is 34.6 Å². The number of rotatable bonds is 6. The van der Waals surface area contributed by atoms with E-state index in [1.54, 1.807) is 12.1 Å². The van der Waals surface area contributed by atoms with Crippen LogP contribution in [0.15, 0.2) is 18.2 Å².